The van der Waals surface area contributed by atoms with Gasteiger partial charge in [-0.2, -0.15) is 0 Å². The third-order valence-corrected chi connectivity index (χ3v) is 5.21. The zero-order chi connectivity index (χ0) is 14.3. The van der Waals surface area contributed by atoms with Crippen LogP contribution in [0.5, 0.6) is 0 Å². The topological polar surface area (TPSA) is 27.1 Å². The van der Waals surface area contributed by atoms with Gasteiger partial charge in [0.1, 0.15) is 5.60 Å². The Labute approximate surface area is 127 Å². The predicted octanol–water partition coefficient (Wildman–Crippen LogP) is 3.73. The van der Waals surface area contributed by atoms with Gasteiger partial charge in [-0.3, -0.25) is 0 Å². The summed E-state index contributed by atoms with van der Waals surface area (Å²) < 4.78 is 8.44. The Morgan fingerprint density at radius 1 is 1.38 bits per heavy atom. The Balaban J connectivity index is 1.88. The molecule has 1 aliphatic rings. The molecular formula is C17H16N2OS. The standard InChI is InChI=1S/C17H16N2OS/c1-13-8-16(21-10-13)17(11-19-7-6-18-12-19)15-5-3-2-4-14(15)9-20-17/h2-8,10,12H,9,11H2,1H3. The van der Waals surface area contributed by atoms with Crippen molar-refractivity contribution in [2.24, 2.45) is 0 Å². The number of thiophene rings is 1. The number of fused-ring (bicyclic) bond motifs is 1. The van der Waals surface area contributed by atoms with Crippen LogP contribution in [0.15, 0.2) is 54.4 Å². The van der Waals surface area contributed by atoms with Crippen molar-refractivity contribution in [1.29, 1.82) is 0 Å². The molecule has 0 saturated carbocycles. The lowest BCUT2D eigenvalue weighted by molar-refractivity contribution is -0.0154. The van der Waals surface area contributed by atoms with E-state index in [0.29, 0.717) is 6.61 Å². The number of hydrogen-bond donors (Lipinski definition) is 0. The van der Waals surface area contributed by atoms with Gasteiger partial charge in [-0.15, -0.1) is 11.3 Å². The smallest absolute Gasteiger partial charge is 0.146 e. The molecule has 1 unspecified atom stereocenters. The zero-order valence-electron chi connectivity index (χ0n) is 11.8. The predicted molar refractivity (Wildman–Crippen MR) is 83.3 cm³/mol. The molecular weight excluding hydrogens is 280 g/mol. The SMILES string of the molecule is Cc1csc(C2(Cn3ccnc3)OCc3ccccc32)c1. The van der Waals surface area contributed by atoms with Crippen molar-refractivity contribution in [3.63, 3.8) is 0 Å². The van der Waals surface area contributed by atoms with Crippen molar-refractivity contribution >= 4 is 11.3 Å². The highest BCUT2D eigenvalue weighted by molar-refractivity contribution is 7.10. The number of aromatic nitrogens is 2. The van der Waals surface area contributed by atoms with Crippen molar-refractivity contribution in [1.82, 2.24) is 9.55 Å². The molecule has 1 aliphatic heterocycles. The average molecular weight is 296 g/mol. The molecule has 0 amide bonds. The maximum absolute atomic E-state index is 6.35. The Bertz CT molecular complexity index is 763. The Morgan fingerprint density at radius 2 is 2.29 bits per heavy atom. The molecule has 4 heteroatoms. The van der Waals surface area contributed by atoms with E-state index >= 15 is 0 Å². The first-order valence-electron chi connectivity index (χ1n) is 7.02. The number of nitrogens with zero attached hydrogens (tertiary/aromatic N) is 2. The summed E-state index contributed by atoms with van der Waals surface area (Å²) in [6.45, 7) is 3.55. The molecule has 0 aliphatic carbocycles. The summed E-state index contributed by atoms with van der Waals surface area (Å²) in [5.41, 5.74) is 3.45. The fraction of sp³-hybridized carbons (Fsp3) is 0.235. The molecule has 3 heterocycles. The number of rotatable bonds is 3. The van der Waals surface area contributed by atoms with E-state index in [-0.39, 0.29) is 0 Å². The van der Waals surface area contributed by atoms with Gasteiger partial charge < -0.3 is 9.30 Å². The summed E-state index contributed by atoms with van der Waals surface area (Å²) in [6.07, 6.45) is 5.66. The molecule has 3 nitrogen and oxygen atoms in total. The van der Waals surface area contributed by atoms with Gasteiger partial charge in [-0.05, 0) is 35.1 Å². The van der Waals surface area contributed by atoms with Crippen LogP contribution in [0.3, 0.4) is 0 Å². The summed E-state index contributed by atoms with van der Waals surface area (Å²) in [5.74, 6) is 0. The lowest BCUT2D eigenvalue weighted by Gasteiger charge is -2.29. The molecule has 2 aromatic heterocycles. The number of benzene rings is 1. The molecule has 106 valence electrons. The van der Waals surface area contributed by atoms with Crippen LogP contribution in [0.25, 0.3) is 0 Å². The first-order valence-corrected chi connectivity index (χ1v) is 7.90. The van der Waals surface area contributed by atoms with E-state index in [1.165, 1.54) is 21.6 Å². The van der Waals surface area contributed by atoms with Gasteiger partial charge in [0.25, 0.3) is 0 Å². The number of hydrogen-bond acceptors (Lipinski definition) is 3. The maximum atomic E-state index is 6.35. The van der Waals surface area contributed by atoms with Crippen molar-refractivity contribution < 1.29 is 4.74 Å². The summed E-state index contributed by atoms with van der Waals surface area (Å²) in [5, 5.41) is 2.19. The Hall–Kier alpha value is -1.91. The molecule has 0 radical (unpaired) electrons. The molecule has 0 bridgehead atoms. The van der Waals surface area contributed by atoms with E-state index in [4.69, 9.17) is 4.74 Å². The molecule has 4 rings (SSSR count). The third kappa shape index (κ3) is 2.03. The second kappa shape index (κ2) is 4.83. The van der Waals surface area contributed by atoms with Crippen molar-refractivity contribution in [3.8, 4) is 0 Å². The maximum Gasteiger partial charge on any atom is 0.146 e. The average Bonchev–Trinajstić information content (AvgIpc) is 3.21. The monoisotopic (exact) mass is 296 g/mol. The molecule has 0 spiro atoms. The van der Waals surface area contributed by atoms with E-state index in [1.807, 2.05) is 18.7 Å². The Morgan fingerprint density at radius 3 is 3.05 bits per heavy atom. The number of ether oxygens (including phenoxy) is 1. The van der Waals surface area contributed by atoms with Crippen LogP contribution in [0, 0.1) is 6.92 Å². The lowest BCUT2D eigenvalue weighted by Crippen LogP contribution is -2.31. The fourth-order valence-corrected chi connectivity index (χ4v) is 4.07. The minimum absolute atomic E-state index is 0.393. The lowest BCUT2D eigenvalue weighted by atomic mass is 9.90. The van der Waals surface area contributed by atoms with Crippen molar-refractivity contribution in [2.75, 3.05) is 0 Å². The van der Waals surface area contributed by atoms with Gasteiger partial charge in [0.2, 0.25) is 0 Å². The second-order valence-corrected chi connectivity index (χ2v) is 6.41. The number of imidazole rings is 1. The highest BCUT2D eigenvalue weighted by Crippen LogP contribution is 2.45. The van der Waals surface area contributed by atoms with Gasteiger partial charge in [-0.1, -0.05) is 24.3 Å². The highest BCUT2D eigenvalue weighted by atomic mass is 32.1. The van der Waals surface area contributed by atoms with E-state index in [2.05, 4.69) is 52.2 Å². The quantitative estimate of drug-likeness (QED) is 0.736. The minimum Gasteiger partial charge on any atom is -0.358 e. The van der Waals surface area contributed by atoms with Crippen LogP contribution in [-0.2, 0) is 23.5 Å². The summed E-state index contributed by atoms with van der Waals surface area (Å²) in [4.78, 5) is 5.42. The summed E-state index contributed by atoms with van der Waals surface area (Å²) in [6, 6.07) is 10.8. The highest BCUT2D eigenvalue weighted by Gasteiger charge is 2.43. The van der Waals surface area contributed by atoms with Crippen LogP contribution in [0.4, 0.5) is 0 Å². The molecule has 1 aromatic carbocycles. The number of aryl methyl sites for hydroxylation is 1. The third-order valence-electron chi connectivity index (χ3n) is 4.02. The van der Waals surface area contributed by atoms with Gasteiger partial charge in [0.05, 0.1) is 19.5 Å². The van der Waals surface area contributed by atoms with E-state index in [1.54, 1.807) is 11.3 Å². The molecule has 0 N–H and O–H groups in total. The fourth-order valence-electron chi connectivity index (χ4n) is 3.01. The van der Waals surface area contributed by atoms with Crippen LogP contribution < -0.4 is 0 Å². The molecule has 1 atom stereocenters. The van der Waals surface area contributed by atoms with Gasteiger partial charge in [-0.25, -0.2) is 4.98 Å². The summed E-state index contributed by atoms with van der Waals surface area (Å²) >= 11 is 1.77. The molecule has 21 heavy (non-hydrogen) atoms. The molecule has 0 fully saturated rings. The minimum atomic E-state index is -0.393. The van der Waals surface area contributed by atoms with Crippen LogP contribution in [0.1, 0.15) is 21.6 Å². The van der Waals surface area contributed by atoms with Crippen molar-refractivity contribution in [3.05, 3.63) is 76.0 Å². The van der Waals surface area contributed by atoms with Crippen molar-refractivity contribution in [2.45, 2.75) is 25.7 Å². The normalized spacial score (nSPS) is 20.6. The van der Waals surface area contributed by atoms with Gasteiger partial charge >= 0.3 is 0 Å². The first-order chi connectivity index (χ1) is 10.3. The summed E-state index contributed by atoms with van der Waals surface area (Å²) in [7, 11) is 0. The van der Waals surface area contributed by atoms with Gasteiger partial charge in [0.15, 0.2) is 0 Å². The second-order valence-electron chi connectivity index (χ2n) is 5.50. The molecule has 3 aromatic rings. The molecule has 0 saturated heterocycles. The van der Waals surface area contributed by atoms with Crippen LogP contribution in [-0.4, -0.2) is 9.55 Å². The van der Waals surface area contributed by atoms with Crippen LogP contribution >= 0.6 is 11.3 Å². The Kier molecular flexibility index (Phi) is 2.94. The van der Waals surface area contributed by atoms with Crippen LogP contribution in [0.2, 0.25) is 0 Å². The first kappa shape index (κ1) is 12.8. The van der Waals surface area contributed by atoms with Gasteiger partial charge in [0, 0.05) is 17.3 Å². The van der Waals surface area contributed by atoms with E-state index < -0.39 is 5.60 Å². The largest absolute Gasteiger partial charge is 0.358 e. The van der Waals surface area contributed by atoms with E-state index in [9.17, 15) is 0 Å². The van der Waals surface area contributed by atoms with E-state index in [0.717, 1.165) is 6.54 Å². The zero-order valence-corrected chi connectivity index (χ0v) is 12.6.